The van der Waals surface area contributed by atoms with Gasteiger partial charge < -0.3 is 24.2 Å². The number of ether oxygens (including phenoxy) is 1. The van der Waals surface area contributed by atoms with Crippen LogP contribution in [-0.2, 0) is 31.5 Å². The number of carbonyl (C=O) groups excluding carboxylic acids is 1. The van der Waals surface area contributed by atoms with Gasteiger partial charge in [-0.15, -0.1) is 5.92 Å². The molecule has 0 saturated carbocycles. The average molecular weight is 597 g/mol. The van der Waals surface area contributed by atoms with E-state index in [0.717, 1.165) is 17.4 Å². The normalized spacial score (nSPS) is 15.1. The summed E-state index contributed by atoms with van der Waals surface area (Å²) >= 11 is 6.18. The molecule has 220 valence electrons. The predicted octanol–water partition coefficient (Wildman–Crippen LogP) is 1.76. The third kappa shape index (κ3) is 5.50. The smallest absolute Gasteiger partial charge is 0.454 e. The SMILES string of the molecule is CC#CCn1c(N2CCC[C@@H](N)C2)nc2c1c(=O)n(Cc1ccc(Cl)cc1C(=O)OCc1oc(=O)oc1C)c(=O)n2C. The molecule has 0 radical (unpaired) electrons. The summed E-state index contributed by atoms with van der Waals surface area (Å²) in [5.74, 6) is 4.89. The van der Waals surface area contributed by atoms with E-state index in [1.807, 2.05) is 4.90 Å². The number of carbonyl (C=O) groups is 1. The van der Waals surface area contributed by atoms with Gasteiger partial charge in [-0.1, -0.05) is 23.6 Å². The van der Waals surface area contributed by atoms with E-state index in [1.54, 1.807) is 23.6 Å². The van der Waals surface area contributed by atoms with Crippen LogP contribution in [0.25, 0.3) is 11.2 Å². The van der Waals surface area contributed by atoms with Crippen molar-refractivity contribution in [2.75, 3.05) is 18.0 Å². The molecular formula is C28H29ClN6O7. The van der Waals surface area contributed by atoms with E-state index in [2.05, 4.69) is 11.8 Å². The standard InChI is InChI=1S/C28H29ClN6O7/c1-4-5-11-34-22-23(31-26(34)33-10-6-7-19(30)14-33)32(3)27(38)35(24(22)36)13-17-8-9-18(29)12-20(17)25(37)40-15-21-16(2)41-28(39)42-21/h8-9,12,19H,6-7,10-11,13-15,30H2,1-3H3/t19-/m1/s1. The summed E-state index contributed by atoms with van der Waals surface area (Å²) in [7, 11) is 1.53. The maximum atomic E-state index is 14.0. The van der Waals surface area contributed by atoms with Crippen molar-refractivity contribution in [2.24, 2.45) is 12.8 Å². The monoisotopic (exact) mass is 596 g/mol. The second kappa shape index (κ2) is 11.8. The number of anilines is 1. The molecule has 0 unspecified atom stereocenters. The molecule has 14 heteroatoms. The number of halogens is 1. The van der Waals surface area contributed by atoms with Crippen molar-refractivity contribution in [3.05, 3.63) is 77.3 Å². The van der Waals surface area contributed by atoms with Crippen molar-refractivity contribution in [1.82, 2.24) is 18.7 Å². The lowest BCUT2D eigenvalue weighted by Crippen LogP contribution is -2.44. The number of esters is 1. The molecule has 0 bridgehead atoms. The minimum absolute atomic E-state index is 0.0356. The highest BCUT2D eigenvalue weighted by molar-refractivity contribution is 6.31. The second-order valence-electron chi connectivity index (χ2n) is 9.99. The molecule has 3 aromatic heterocycles. The fraction of sp³-hybridized carbons (Fsp3) is 0.393. The minimum Gasteiger partial charge on any atom is -0.454 e. The van der Waals surface area contributed by atoms with Gasteiger partial charge >= 0.3 is 17.5 Å². The lowest BCUT2D eigenvalue weighted by molar-refractivity contribution is 0.0441. The van der Waals surface area contributed by atoms with E-state index in [4.69, 9.17) is 35.9 Å². The van der Waals surface area contributed by atoms with Gasteiger partial charge in [0.15, 0.2) is 29.3 Å². The lowest BCUT2D eigenvalue weighted by atomic mass is 10.1. The van der Waals surface area contributed by atoms with Crippen LogP contribution < -0.4 is 27.7 Å². The van der Waals surface area contributed by atoms with Gasteiger partial charge in [-0.05, 0) is 44.4 Å². The van der Waals surface area contributed by atoms with E-state index in [9.17, 15) is 19.2 Å². The number of piperidine rings is 1. The topological polar surface area (TPSA) is 161 Å². The molecule has 42 heavy (non-hydrogen) atoms. The Bertz CT molecular complexity index is 1920. The Balaban J connectivity index is 1.57. The molecule has 4 aromatic rings. The first kappa shape index (κ1) is 29.0. The Morgan fingerprint density at radius 3 is 2.71 bits per heavy atom. The maximum Gasteiger partial charge on any atom is 0.519 e. The molecule has 0 amide bonds. The van der Waals surface area contributed by atoms with Crippen LogP contribution in [0.3, 0.4) is 0 Å². The van der Waals surface area contributed by atoms with Crippen LogP contribution in [-0.4, -0.2) is 43.8 Å². The molecule has 1 aromatic carbocycles. The van der Waals surface area contributed by atoms with Gasteiger partial charge in [0.05, 0.1) is 18.7 Å². The van der Waals surface area contributed by atoms with Crippen LogP contribution in [0, 0.1) is 18.8 Å². The second-order valence-corrected chi connectivity index (χ2v) is 10.4. The summed E-state index contributed by atoms with van der Waals surface area (Å²) in [6.45, 7) is 4.03. The molecule has 0 spiro atoms. The van der Waals surface area contributed by atoms with Crippen molar-refractivity contribution in [1.29, 1.82) is 0 Å². The summed E-state index contributed by atoms with van der Waals surface area (Å²) in [6, 6.07) is 4.42. The largest absolute Gasteiger partial charge is 0.519 e. The van der Waals surface area contributed by atoms with E-state index in [0.29, 0.717) is 24.6 Å². The number of aryl methyl sites for hydroxylation is 2. The number of fused-ring (bicyclic) bond motifs is 1. The van der Waals surface area contributed by atoms with Crippen LogP contribution in [0.15, 0.2) is 41.4 Å². The third-order valence-electron chi connectivity index (χ3n) is 7.16. The first-order valence-corrected chi connectivity index (χ1v) is 13.6. The number of imidazole rings is 1. The third-order valence-corrected chi connectivity index (χ3v) is 7.39. The van der Waals surface area contributed by atoms with Gasteiger partial charge in [0.25, 0.3) is 5.56 Å². The molecule has 1 saturated heterocycles. The molecule has 0 aliphatic carbocycles. The van der Waals surface area contributed by atoms with Gasteiger partial charge in [-0.3, -0.25) is 18.5 Å². The Hall–Kier alpha value is -4.54. The van der Waals surface area contributed by atoms with E-state index in [1.165, 1.54) is 24.6 Å². The fourth-order valence-corrected chi connectivity index (χ4v) is 5.17. The number of nitrogens with two attached hydrogens (primary N) is 1. The number of aromatic nitrogens is 4. The number of hydrogen-bond acceptors (Lipinski definition) is 10. The first-order valence-electron chi connectivity index (χ1n) is 13.2. The molecule has 2 N–H and O–H groups in total. The Kier molecular flexibility index (Phi) is 8.11. The maximum absolute atomic E-state index is 14.0. The van der Waals surface area contributed by atoms with Gasteiger partial charge in [0.1, 0.15) is 0 Å². The molecule has 5 rings (SSSR count). The van der Waals surface area contributed by atoms with Crippen molar-refractivity contribution >= 4 is 34.7 Å². The average Bonchev–Trinajstić information content (AvgIpc) is 3.51. The van der Waals surface area contributed by atoms with E-state index >= 15 is 0 Å². The lowest BCUT2D eigenvalue weighted by Gasteiger charge is -2.31. The van der Waals surface area contributed by atoms with Gasteiger partial charge in [-0.2, -0.15) is 4.98 Å². The summed E-state index contributed by atoms with van der Waals surface area (Å²) in [6.07, 6.45) is 1.76. The van der Waals surface area contributed by atoms with E-state index < -0.39 is 23.0 Å². The molecule has 13 nitrogen and oxygen atoms in total. The van der Waals surface area contributed by atoms with Crippen LogP contribution in [0.1, 0.15) is 47.2 Å². The number of nitrogens with zero attached hydrogens (tertiary/aromatic N) is 5. The van der Waals surface area contributed by atoms with Crippen molar-refractivity contribution < 1.29 is 18.4 Å². The first-order chi connectivity index (χ1) is 20.1. The van der Waals surface area contributed by atoms with Crippen LogP contribution in [0.2, 0.25) is 5.02 Å². The van der Waals surface area contributed by atoms with Crippen LogP contribution in [0.5, 0.6) is 0 Å². The highest BCUT2D eigenvalue weighted by atomic mass is 35.5. The van der Waals surface area contributed by atoms with Gasteiger partial charge in [-0.25, -0.2) is 14.4 Å². The zero-order valence-electron chi connectivity index (χ0n) is 23.3. The highest BCUT2D eigenvalue weighted by Gasteiger charge is 2.27. The summed E-state index contributed by atoms with van der Waals surface area (Å²) in [5.41, 5.74) is 5.79. The van der Waals surface area contributed by atoms with Crippen molar-refractivity contribution in [2.45, 2.75) is 52.4 Å². The fourth-order valence-electron chi connectivity index (χ4n) is 5.00. The number of rotatable bonds is 7. The summed E-state index contributed by atoms with van der Waals surface area (Å²) in [5, 5.41) is 0.244. The quantitative estimate of drug-likeness (QED) is 0.246. The Morgan fingerprint density at radius 1 is 1.24 bits per heavy atom. The zero-order valence-corrected chi connectivity index (χ0v) is 24.1. The molecule has 1 aliphatic heterocycles. The summed E-state index contributed by atoms with van der Waals surface area (Å²) in [4.78, 5) is 58.6. The molecule has 1 atom stereocenters. The van der Waals surface area contributed by atoms with Crippen molar-refractivity contribution in [3.63, 3.8) is 0 Å². The number of benzene rings is 1. The van der Waals surface area contributed by atoms with Gasteiger partial charge in [0, 0.05) is 31.2 Å². The summed E-state index contributed by atoms with van der Waals surface area (Å²) < 4.78 is 19.1. The van der Waals surface area contributed by atoms with Crippen molar-refractivity contribution in [3.8, 4) is 11.8 Å². The minimum atomic E-state index is -0.914. The zero-order chi connectivity index (χ0) is 30.1. The highest BCUT2D eigenvalue weighted by Crippen LogP contribution is 2.24. The Labute approximate surface area is 244 Å². The molecule has 1 aliphatic rings. The number of hydrogen-bond donors (Lipinski definition) is 1. The van der Waals surface area contributed by atoms with Crippen LogP contribution in [0.4, 0.5) is 5.95 Å². The Morgan fingerprint density at radius 2 is 2.02 bits per heavy atom. The van der Waals surface area contributed by atoms with E-state index in [-0.39, 0.29) is 59.0 Å². The van der Waals surface area contributed by atoms with Crippen LogP contribution >= 0.6 is 11.6 Å². The molecule has 1 fully saturated rings. The molecule has 4 heterocycles. The predicted molar refractivity (Wildman–Crippen MR) is 154 cm³/mol. The molecular weight excluding hydrogens is 568 g/mol. The van der Waals surface area contributed by atoms with Gasteiger partial charge in [0.2, 0.25) is 5.95 Å².